The standard InChI is InChI=1S/C20H23N3O4.ClH/c1-26-17-11-15(20(25)23-8-3-4-9-23)16(12-18(17)27-2)22-19(24)13-6-5-7-14(21)10-13;/h5-7,10-12H,3-4,8-9,21H2,1-2H3,(H,22,24);1H. The van der Waals surface area contributed by atoms with Crippen molar-refractivity contribution in [2.75, 3.05) is 38.4 Å². The highest BCUT2D eigenvalue weighted by Gasteiger charge is 2.25. The van der Waals surface area contributed by atoms with Gasteiger partial charge in [0.2, 0.25) is 0 Å². The summed E-state index contributed by atoms with van der Waals surface area (Å²) in [6, 6.07) is 9.86. The minimum Gasteiger partial charge on any atom is -0.493 e. The Bertz CT molecular complexity index is 867. The van der Waals surface area contributed by atoms with Gasteiger partial charge in [-0.3, -0.25) is 9.59 Å². The monoisotopic (exact) mass is 405 g/mol. The van der Waals surface area contributed by atoms with Gasteiger partial charge in [-0.2, -0.15) is 0 Å². The largest absolute Gasteiger partial charge is 0.493 e. The minimum atomic E-state index is -0.356. The molecule has 3 N–H and O–H groups in total. The van der Waals surface area contributed by atoms with E-state index in [1.165, 1.54) is 14.2 Å². The Kier molecular flexibility index (Phi) is 7.12. The van der Waals surface area contributed by atoms with Crippen LogP contribution in [0.2, 0.25) is 0 Å². The van der Waals surface area contributed by atoms with Gasteiger partial charge in [-0.1, -0.05) is 6.07 Å². The second kappa shape index (κ2) is 9.32. The maximum Gasteiger partial charge on any atom is 0.256 e. The van der Waals surface area contributed by atoms with Gasteiger partial charge in [-0.15, -0.1) is 12.4 Å². The molecule has 0 radical (unpaired) electrons. The zero-order valence-corrected chi connectivity index (χ0v) is 16.7. The van der Waals surface area contributed by atoms with E-state index in [1.807, 2.05) is 0 Å². The Morgan fingerprint density at radius 2 is 1.68 bits per heavy atom. The third kappa shape index (κ3) is 4.48. The van der Waals surface area contributed by atoms with Crippen LogP contribution in [0.3, 0.4) is 0 Å². The van der Waals surface area contributed by atoms with E-state index in [0.717, 1.165) is 12.8 Å². The molecule has 1 heterocycles. The first kappa shape index (κ1) is 21.4. The molecule has 0 unspecified atom stereocenters. The number of nitrogens with two attached hydrogens (primary N) is 1. The van der Waals surface area contributed by atoms with Gasteiger partial charge in [0.1, 0.15) is 0 Å². The average molecular weight is 406 g/mol. The molecule has 2 aromatic carbocycles. The number of hydrogen-bond acceptors (Lipinski definition) is 5. The van der Waals surface area contributed by atoms with Gasteiger partial charge in [0.25, 0.3) is 11.8 Å². The SMILES string of the molecule is COc1cc(NC(=O)c2cccc(N)c2)c(C(=O)N2CCCC2)cc1OC.Cl. The number of likely N-dealkylation sites (tertiary alicyclic amines) is 1. The van der Waals surface area contributed by atoms with Crippen LogP contribution in [-0.2, 0) is 0 Å². The lowest BCUT2D eigenvalue weighted by molar-refractivity contribution is 0.0793. The summed E-state index contributed by atoms with van der Waals surface area (Å²) in [7, 11) is 3.01. The molecule has 2 amide bonds. The maximum absolute atomic E-state index is 13.0. The number of anilines is 2. The zero-order valence-electron chi connectivity index (χ0n) is 15.9. The normalized spacial score (nSPS) is 12.9. The fourth-order valence-electron chi connectivity index (χ4n) is 3.12. The molecule has 7 nitrogen and oxygen atoms in total. The van der Waals surface area contributed by atoms with Crippen LogP contribution in [0.25, 0.3) is 0 Å². The molecule has 1 fully saturated rings. The number of carbonyl (C=O) groups excluding carboxylic acids is 2. The fourth-order valence-corrected chi connectivity index (χ4v) is 3.12. The van der Waals surface area contributed by atoms with Crippen molar-refractivity contribution in [3.8, 4) is 11.5 Å². The Morgan fingerprint density at radius 1 is 1.04 bits per heavy atom. The van der Waals surface area contributed by atoms with Crippen molar-refractivity contribution in [3.63, 3.8) is 0 Å². The van der Waals surface area contributed by atoms with Gasteiger partial charge in [0.05, 0.1) is 25.5 Å². The highest BCUT2D eigenvalue weighted by molar-refractivity contribution is 6.09. The van der Waals surface area contributed by atoms with Crippen LogP contribution < -0.4 is 20.5 Å². The van der Waals surface area contributed by atoms with E-state index in [0.29, 0.717) is 47.1 Å². The van der Waals surface area contributed by atoms with Crippen LogP contribution in [0, 0.1) is 0 Å². The van der Waals surface area contributed by atoms with Crippen molar-refractivity contribution >= 4 is 35.6 Å². The van der Waals surface area contributed by atoms with Crippen molar-refractivity contribution in [2.45, 2.75) is 12.8 Å². The number of nitrogens with zero attached hydrogens (tertiary/aromatic N) is 1. The first-order chi connectivity index (χ1) is 13.0. The summed E-state index contributed by atoms with van der Waals surface area (Å²) in [5, 5.41) is 2.81. The molecule has 0 atom stereocenters. The van der Waals surface area contributed by atoms with Crippen molar-refractivity contribution in [3.05, 3.63) is 47.5 Å². The van der Waals surface area contributed by atoms with E-state index < -0.39 is 0 Å². The molecular weight excluding hydrogens is 382 g/mol. The number of carbonyl (C=O) groups is 2. The molecule has 0 aliphatic carbocycles. The molecule has 0 bridgehead atoms. The van der Waals surface area contributed by atoms with Crippen LogP contribution in [0.4, 0.5) is 11.4 Å². The molecule has 8 heteroatoms. The lowest BCUT2D eigenvalue weighted by Gasteiger charge is -2.20. The third-order valence-corrected chi connectivity index (χ3v) is 4.54. The van der Waals surface area contributed by atoms with Gasteiger partial charge in [0.15, 0.2) is 11.5 Å². The number of amides is 2. The van der Waals surface area contributed by atoms with Gasteiger partial charge in [-0.05, 0) is 37.1 Å². The summed E-state index contributed by atoms with van der Waals surface area (Å²) >= 11 is 0. The molecule has 3 rings (SSSR count). The first-order valence-electron chi connectivity index (χ1n) is 8.75. The third-order valence-electron chi connectivity index (χ3n) is 4.54. The molecule has 28 heavy (non-hydrogen) atoms. The summed E-state index contributed by atoms with van der Waals surface area (Å²) in [5.41, 5.74) is 7.39. The molecule has 150 valence electrons. The quantitative estimate of drug-likeness (QED) is 0.745. The van der Waals surface area contributed by atoms with Crippen molar-refractivity contribution in [1.82, 2.24) is 4.90 Å². The molecule has 1 aliphatic heterocycles. The zero-order chi connectivity index (χ0) is 19.4. The van der Waals surface area contributed by atoms with Gasteiger partial charge in [-0.25, -0.2) is 0 Å². The van der Waals surface area contributed by atoms with E-state index in [9.17, 15) is 9.59 Å². The van der Waals surface area contributed by atoms with E-state index in [4.69, 9.17) is 15.2 Å². The summed E-state index contributed by atoms with van der Waals surface area (Å²) in [4.78, 5) is 27.4. The molecule has 1 saturated heterocycles. The minimum absolute atomic E-state index is 0. The van der Waals surface area contributed by atoms with E-state index in [2.05, 4.69) is 5.32 Å². The fraction of sp³-hybridized carbons (Fsp3) is 0.300. The van der Waals surface area contributed by atoms with Gasteiger partial charge < -0.3 is 25.4 Å². The summed E-state index contributed by atoms with van der Waals surface area (Å²) in [5.74, 6) is 0.363. The summed E-state index contributed by atoms with van der Waals surface area (Å²) in [6.45, 7) is 1.41. The molecule has 1 aliphatic rings. The maximum atomic E-state index is 13.0. The smallest absolute Gasteiger partial charge is 0.256 e. The molecule has 2 aromatic rings. The van der Waals surface area contributed by atoms with E-state index in [-0.39, 0.29) is 24.2 Å². The molecule has 0 aromatic heterocycles. The van der Waals surface area contributed by atoms with Crippen LogP contribution in [0.5, 0.6) is 11.5 Å². The average Bonchev–Trinajstić information content (AvgIpc) is 3.21. The van der Waals surface area contributed by atoms with Crippen molar-refractivity contribution in [2.24, 2.45) is 0 Å². The highest BCUT2D eigenvalue weighted by atomic mass is 35.5. The predicted octanol–water partition coefficient (Wildman–Crippen LogP) is 3.20. The Morgan fingerprint density at radius 3 is 2.29 bits per heavy atom. The van der Waals surface area contributed by atoms with Crippen LogP contribution >= 0.6 is 12.4 Å². The number of rotatable bonds is 5. The van der Waals surface area contributed by atoms with E-state index >= 15 is 0 Å². The number of ether oxygens (including phenoxy) is 2. The molecule has 0 saturated carbocycles. The summed E-state index contributed by atoms with van der Waals surface area (Å²) in [6.07, 6.45) is 1.95. The second-order valence-electron chi connectivity index (χ2n) is 6.33. The predicted molar refractivity (Wildman–Crippen MR) is 111 cm³/mol. The van der Waals surface area contributed by atoms with Crippen LogP contribution in [0.15, 0.2) is 36.4 Å². The first-order valence-corrected chi connectivity index (χ1v) is 8.75. The number of halogens is 1. The Hall–Kier alpha value is -2.93. The number of hydrogen-bond donors (Lipinski definition) is 2. The van der Waals surface area contributed by atoms with Crippen molar-refractivity contribution in [1.29, 1.82) is 0 Å². The Labute approximate surface area is 170 Å². The van der Waals surface area contributed by atoms with Crippen LogP contribution in [0.1, 0.15) is 33.6 Å². The highest BCUT2D eigenvalue weighted by Crippen LogP contribution is 2.34. The number of nitrogen functional groups attached to an aromatic ring is 1. The van der Waals surface area contributed by atoms with Crippen LogP contribution in [-0.4, -0.2) is 44.0 Å². The second-order valence-corrected chi connectivity index (χ2v) is 6.33. The van der Waals surface area contributed by atoms with Gasteiger partial charge in [0, 0.05) is 30.4 Å². The van der Waals surface area contributed by atoms with E-state index in [1.54, 1.807) is 41.3 Å². The number of nitrogens with one attached hydrogen (secondary N) is 1. The Balaban J connectivity index is 0.00000280. The molecular formula is C20H24ClN3O4. The topological polar surface area (TPSA) is 93.9 Å². The lowest BCUT2D eigenvalue weighted by Crippen LogP contribution is -2.29. The number of benzene rings is 2. The van der Waals surface area contributed by atoms with Crippen molar-refractivity contribution < 1.29 is 19.1 Å². The van der Waals surface area contributed by atoms with Gasteiger partial charge >= 0.3 is 0 Å². The number of methoxy groups -OCH3 is 2. The summed E-state index contributed by atoms with van der Waals surface area (Å²) < 4.78 is 10.6. The molecule has 0 spiro atoms. The lowest BCUT2D eigenvalue weighted by atomic mass is 10.1.